The van der Waals surface area contributed by atoms with Crippen LogP contribution in [0.1, 0.15) is 69.9 Å². The van der Waals surface area contributed by atoms with Crippen molar-refractivity contribution >= 4 is 28.6 Å². The van der Waals surface area contributed by atoms with E-state index in [0.717, 1.165) is 18.4 Å². The van der Waals surface area contributed by atoms with Gasteiger partial charge in [-0.2, -0.15) is 0 Å². The Hall–Kier alpha value is -2.95. The van der Waals surface area contributed by atoms with Crippen molar-refractivity contribution in [1.29, 1.82) is 0 Å². The summed E-state index contributed by atoms with van der Waals surface area (Å²) in [5.41, 5.74) is 1.98. The summed E-state index contributed by atoms with van der Waals surface area (Å²) >= 11 is 0. The molecule has 1 aliphatic carbocycles. The fraction of sp³-hybridized carbons (Fsp3) is 0.645. The van der Waals surface area contributed by atoms with Crippen molar-refractivity contribution < 1.29 is 24.2 Å². The molecule has 10 heteroatoms. The summed E-state index contributed by atoms with van der Waals surface area (Å²) in [5, 5.41) is 16.3. The Balaban J connectivity index is 1.18. The fourth-order valence-corrected chi connectivity index (χ4v) is 8.48. The molecule has 5 heterocycles. The lowest BCUT2D eigenvalue weighted by molar-refractivity contribution is -0.318. The lowest BCUT2D eigenvalue weighted by atomic mass is 9.72. The predicted molar refractivity (Wildman–Crippen MR) is 151 cm³/mol. The Labute approximate surface area is 240 Å². The first-order chi connectivity index (χ1) is 19.6. The SMILES string of the molecule is CC[C@@]1(NC(=O)[C@@H]2C[C@@H]3c4cccc5[nH]cc(c45)C[C@H]3N(C)C2)O[C@@]2(O)[C@@H]3CCCN3C(=O)[C@H](CC(C)C)N2C1=O. The van der Waals surface area contributed by atoms with Gasteiger partial charge in [0.15, 0.2) is 0 Å². The zero-order valence-electron chi connectivity index (χ0n) is 24.4. The lowest BCUT2D eigenvalue weighted by Crippen LogP contribution is -2.71. The van der Waals surface area contributed by atoms with Crippen LogP contribution in [-0.2, 0) is 25.5 Å². The van der Waals surface area contributed by atoms with Gasteiger partial charge < -0.3 is 25.2 Å². The van der Waals surface area contributed by atoms with Crippen LogP contribution >= 0.6 is 0 Å². The second-order valence-corrected chi connectivity index (χ2v) is 13.3. The topological polar surface area (TPSA) is 118 Å². The molecule has 1 aromatic heterocycles. The fourth-order valence-electron chi connectivity index (χ4n) is 8.48. The molecule has 7 rings (SSSR count). The number of fused-ring (bicyclic) bond motifs is 5. The third-order valence-corrected chi connectivity index (χ3v) is 10.4. The maximum atomic E-state index is 14.2. The van der Waals surface area contributed by atoms with Gasteiger partial charge in [0, 0.05) is 48.6 Å². The van der Waals surface area contributed by atoms with E-state index < -0.39 is 29.6 Å². The maximum absolute atomic E-state index is 14.2. The number of piperidine rings is 1. The second kappa shape index (κ2) is 9.28. The molecular weight excluding hydrogens is 522 g/mol. The molecule has 4 aliphatic heterocycles. The van der Waals surface area contributed by atoms with Gasteiger partial charge in [0.25, 0.3) is 11.8 Å². The maximum Gasteiger partial charge on any atom is 0.280 e. The van der Waals surface area contributed by atoms with Crippen LogP contribution in [0.3, 0.4) is 0 Å². The molecule has 0 bridgehead atoms. The number of nitrogens with zero attached hydrogens (tertiary/aromatic N) is 3. The number of hydrogen-bond acceptors (Lipinski definition) is 6. The number of H-pyrrole nitrogens is 1. The molecule has 10 nitrogen and oxygen atoms in total. The van der Waals surface area contributed by atoms with Crippen molar-refractivity contribution in [1.82, 2.24) is 25.0 Å². The summed E-state index contributed by atoms with van der Waals surface area (Å²) in [7, 11) is 2.07. The first kappa shape index (κ1) is 26.9. The molecule has 5 aliphatic rings. The van der Waals surface area contributed by atoms with Crippen LogP contribution in [-0.4, -0.2) is 92.4 Å². The molecule has 0 spiro atoms. The molecule has 4 saturated heterocycles. The minimum Gasteiger partial charge on any atom is -0.361 e. The van der Waals surface area contributed by atoms with Crippen molar-refractivity contribution in [3.8, 4) is 0 Å². The van der Waals surface area contributed by atoms with Crippen molar-refractivity contribution in [2.24, 2.45) is 11.8 Å². The molecule has 0 saturated carbocycles. The standard InChI is InChI=1S/C31H41N5O5/c1-5-30(29(39)36-24(12-17(2)3)28(38)35-11-7-10-25(35)31(36,40)41-30)33-27(37)19-13-21-20-8-6-9-22-26(20)18(15-32-22)14-23(21)34(4)16-19/h6,8-9,15,17,19,21,23-25,32,40H,5,7,10-14,16H2,1-4H3,(H,33,37)/t19-,21-,23-,24+,25+,30-,31+/m1/s1. The number of rotatable bonds is 5. The van der Waals surface area contributed by atoms with Crippen LogP contribution in [0.5, 0.6) is 0 Å². The molecule has 4 fully saturated rings. The van der Waals surface area contributed by atoms with E-state index in [-0.39, 0.29) is 36.0 Å². The molecule has 3 amide bonds. The van der Waals surface area contributed by atoms with Crippen LogP contribution in [0.4, 0.5) is 0 Å². The summed E-state index contributed by atoms with van der Waals surface area (Å²) in [5.74, 6) is -2.94. The third-order valence-electron chi connectivity index (χ3n) is 10.4. The Morgan fingerprint density at radius 3 is 2.85 bits per heavy atom. The Morgan fingerprint density at radius 2 is 2.10 bits per heavy atom. The zero-order chi connectivity index (χ0) is 28.8. The van der Waals surface area contributed by atoms with Crippen LogP contribution in [0, 0.1) is 11.8 Å². The highest BCUT2D eigenvalue weighted by Crippen LogP contribution is 2.48. The van der Waals surface area contributed by atoms with E-state index >= 15 is 0 Å². The number of nitrogens with one attached hydrogen (secondary N) is 2. The normalized spacial score (nSPS) is 36.6. The van der Waals surface area contributed by atoms with Crippen molar-refractivity contribution in [2.45, 2.75) is 95.0 Å². The summed E-state index contributed by atoms with van der Waals surface area (Å²) < 4.78 is 6.34. The summed E-state index contributed by atoms with van der Waals surface area (Å²) in [4.78, 5) is 50.4. The smallest absolute Gasteiger partial charge is 0.280 e. The predicted octanol–water partition coefficient (Wildman–Crippen LogP) is 2.27. The second-order valence-electron chi connectivity index (χ2n) is 13.3. The number of benzene rings is 1. The largest absolute Gasteiger partial charge is 0.361 e. The number of aromatic nitrogens is 1. The van der Waals surface area contributed by atoms with E-state index in [2.05, 4.69) is 46.6 Å². The van der Waals surface area contributed by atoms with Gasteiger partial charge >= 0.3 is 0 Å². The molecule has 220 valence electrons. The van der Waals surface area contributed by atoms with Crippen LogP contribution in [0.15, 0.2) is 24.4 Å². The summed E-state index contributed by atoms with van der Waals surface area (Å²) in [6.45, 7) is 6.87. The first-order valence-corrected chi connectivity index (χ1v) is 15.3. The highest BCUT2D eigenvalue weighted by atomic mass is 16.7. The first-order valence-electron chi connectivity index (χ1n) is 15.3. The minimum absolute atomic E-state index is 0.123. The van der Waals surface area contributed by atoms with Gasteiger partial charge in [0.1, 0.15) is 12.1 Å². The van der Waals surface area contributed by atoms with Gasteiger partial charge in [-0.25, -0.2) is 0 Å². The van der Waals surface area contributed by atoms with Gasteiger partial charge in [-0.1, -0.05) is 32.9 Å². The molecule has 0 radical (unpaired) electrons. The average molecular weight is 564 g/mol. The number of carbonyl (C=O) groups is 3. The monoisotopic (exact) mass is 563 g/mol. The molecular formula is C31H41N5O5. The minimum atomic E-state index is -1.97. The Kier molecular flexibility index (Phi) is 6.09. The highest BCUT2D eigenvalue weighted by Gasteiger charge is 2.70. The van der Waals surface area contributed by atoms with Crippen molar-refractivity contribution in [3.63, 3.8) is 0 Å². The number of likely N-dealkylation sites (tertiary alicyclic amines) is 1. The summed E-state index contributed by atoms with van der Waals surface area (Å²) in [6.07, 6.45) is 5.53. The molecule has 7 atom stereocenters. The van der Waals surface area contributed by atoms with E-state index in [9.17, 15) is 19.5 Å². The van der Waals surface area contributed by atoms with E-state index in [1.165, 1.54) is 21.4 Å². The van der Waals surface area contributed by atoms with E-state index in [4.69, 9.17) is 4.74 Å². The number of piperazine rings is 1. The summed E-state index contributed by atoms with van der Waals surface area (Å²) in [6, 6.07) is 5.16. The number of ether oxygens (including phenoxy) is 1. The third kappa shape index (κ3) is 3.76. The van der Waals surface area contributed by atoms with Crippen LogP contribution in [0.2, 0.25) is 0 Å². The van der Waals surface area contributed by atoms with Crippen molar-refractivity contribution in [3.05, 3.63) is 35.5 Å². The number of carbonyl (C=O) groups excluding carboxylic acids is 3. The Morgan fingerprint density at radius 1 is 1.29 bits per heavy atom. The zero-order valence-corrected chi connectivity index (χ0v) is 24.4. The van der Waals surface area contributed by atoms with E-state index in [1.54, 1.807) is 11.8 Å². The molecule has 1 aromatic carbocycles. The highest BCUT2D eigenvalue weighted by molar-refractivity contribution is 5.97. The number of aromatic amines is 1. The van der Waals surface area contributed by atoms with Crippen LogP contribution in [0.25, 0.3) is 10.9 Å². The number of hydrogen-bond donors (Lipinski definition) is 3. The van der Waals surface area contributed by atoms with Crippen LogP contribution < -0.4 is 5.32 Å². The Bertz CT molecular complexity index is 1420. The quantitative estimate of drug-likeness (QED) is 0.514. The number of likely N-dealkylation sites (N-methyl/N-ethyl adjacent to an activating group) is 1. The van der Waals surface area contributed by atoms with Gasteiger partial charge in [-0.05, 0) is 62.3 Å². The van der Waals surface area contributed by atoms with Gasteiger partial charge in [0.05, 0.1) is 5.92 Å². The van der Waals surface area contributed by atoms with Gasteiger partial charge in [-0.15, -0.1) is 0 Å². The molecule has 2 aromatic rings. The average Bonchev–Trinajstić information content (AvgIpc) is 3.65. The van der Waals surface area contributed by atoms with E-state index in [0.29, 0.717) is 38.4 Å². The molecule has 3 N–H and O–H groups in total. The number of aliphatic hydroxyl groups is 1. The van der Waals surface area contributed by atoms with Gasteiger partial charge in [0.2, 0.25) is 17.5 Å². The van der Waals surface area contributed by atoms with E-state index in [1.807, 2.05) is 13.8 Å². The van der Waals surface area contributed by atoms with Gasteiger partial charge in [-0.3, -0.25) is 24.0 Å². The lowest BCUT2D eigenvalue weighted by Gasteiger charge is -2.49. The van der Waals surface area contributed by atoms with Crippen molar-refractivity contribution in [2.75, 3.05) is 20.1 Å². The molecule has 41 heavy (non-hydrogen) atoms. The molecule has 0 unspecified atom stereocenters. The number of amides is 3.